The predicted octanol–water partition coefficient (Wildman–Crippen LogP) is 3.24. The van der Waals surface area contributed by atoms with Gasteiger partial charge >= 0.3 is 6.01 Å². The number of hydrogen-bond donors (Lipinski definition) is 1. The third-order valence-corrected chi connectivity index (χ3v) is 6.69. The van der Waals surface area contributed by atoms with E-state index in [1.165, 1.54) is 27.6 Å². The lowest BCUT2D eigenvalue weighted by molar-refractivity contribution is 0.163. The molecule has 2 aliphatic heterocycles. The van der Waals surface area contributed by atoms with Crippen molar-refractivity contribution in [2.24, 2.45) is 0 Å². The lowest BCUT2D eigenvalue weighted by atomic mass is 10.0. The van der Waals surface area contributed by atoms with Crippen LogP contribution in [0.2, 0.25) is 0 Å². The van der Waals surface area contributed by atoms with Crippen molar-refractivity contribution in [1.82, 2.24) is 20.2 Å². The summed E-state index contributed by atoms with van der Waals surface area (Å²) in [6, 6.07) is 13.7. The van der Waals surface area contributed by atoms with Crippen molar-refractivity contribution in [3.63, 3.8) is 0 Å². The van der Waals surface area contributed by atoms with Crippen molar-refractivity contribution < 1.29 is 4.74 Å². The summed E-state index contributed by atoms with van der Waals surface area (Å²) in [5, 5.41) is 6.04. The maximum absolute atomic E-state index is 6.23. The van der Waals surface area contributed by atoms with Gasteiger partial charge in [0.15, 0.2) is 0 Å². The molecule has 2 aliphatic rings. The van der Waals surface area contributed by atoms with Gasteiger partial charge in [-0.2, -0.15) is 9.97 Å². The highest BCUT2D eigenvalue weighted by Gasteiger charge is 2.27. The summed E-state index contributed by atoms with van der Waals surface area (Å²) in [4.78, 5) is 16.9. The number of fused-ring (bicyclic) bond motifs is 2. The number of likely N-dealkylation sites (N-methyl/N-ethyl adjacent to an activating group) is 1. The first-order chi connectivity index (χ1) is 16.5. The maximum Gasteiger partial charge on any atom is 0.318 e. The topological polar surface area (TPSA) is 56.8 Å². The second kappa shape index (κ2) is 9.76. The van der Waals surface area contributed by atoms with E-state index in [1.54, 1.807) is 0 Å². The van der Waals surface area contributed by atoms with Gasteiger partial charge in [-0.1, -0.05) is 30.3 Å². The molecule has 3 heterocycles. The number of ether oxygens (including phenoxy) is 1. The standard InChI is InChI=1S/C27H36N6O/c1-19-15-21-7-5-6-8-22(21)25(16-19)33-12-9-23-24(18-33)29-27(34-20(2)17-31(3)4)30-26(23)32-13-10-28-11-14-32/h5-8,15-16,20,28H,9-14,17-18H2,1-4H3/t20-/m0/s1. The number of benzene rings is 2. The van der Waals surface area contributed by atoms with Gasteiger partial charge in [0, 0.05) is 55.9 Å². The Bertz CT molecular complexity index is 1160. The molecular weight excluding hydrogens is 424 g/mol. The zero-order valence-electron chi connectivity index (χ0n) is 20.8. The monoisotopic (exact) mass is 460 g/mol. The molecule has 0 spiro atoms. The molecule has 1 aromatic heterocycles. The minimum absolute atomic E-state index is 0.0179. The molecule has 1 fully saturated rings. The van der Waals surface area contributed by atoms with E-state index in [0.717, 1.165) is 63.7 Å². The van der Waals surface area contributed by atoms with E-state index in [9.17, 15) is 0 Å². The maximum atomic E-state index is 6.23. The van der Waals surface area contributed by atoms with Crippen molar-refractivity contribution in [2.45, 2.75) is 32.9 Å². The molecule has 180 valence electrons. The van der Waals surface area contributed by atoms with Gasteiger partial charge in [-0.15, -0.1) is 0 Å². The van der Waals surface area contributed by atoms with Gasteiger partial charge in [0.05, 0.1) is 12.2 Å². The van der Waals surface area contributed by atoms with Crippen LogP contribution in [0.15, 0.2) is 36.4 Å². The Balaban J connectivity index is 1.51. The Kier molecular flexibility index (Phi) is 6.57. The molecule has 3 aromatic rings. The fraction of sp³-hybridized carbons (Fsp3) is 0.481. The largest absolute Gasteiger partial charge is 0.459 e. The average molecular weight is 461 g/mol. The Morgan fingerprint density at radius 1 is 1.06 bits per heavy atom. The molecule has 7 heteroatoms. The van der Waals surface area contributed by atoms with Crippen molar-refractivity contribution in [3.05, 3.63) is 53.2 Å². The second-order valence-electron chi connectivity index (χ2n) is 9.86. The third kappa shape index (κ3) is 4.81. The van der Waals surface area contributed by atoms with Crippen LogP contribution in [0.3, 0.4) is 0 Å². The van der Waals surface area contributed by atoms with Crippen molar-refractivity contribution in [2.75, 3.05) is 63.2 Å². The Morgan fingerprint density at radius 2 is 1.85 bits per heavy atom. The van der Waals surface area contributed by atoms with Crippen LogP contribution in [0.5, 0.6) is 6.01 Å². The molecule has 1 saturated heterocycles. The Hall–Kier alpha value is -2.90. The third-order valence-electron chi connectivity index (χ3n) is 6.69. The molecule has 0 aliphatic carbocycles. The van der Waals surface area contributed by atoms with Gasteiger partial charge in [-0.3, -0.25) is 0 Å². The number of aryl methyl sites for hydroxylation is 1. The molecule has 0 unspecified atom stereocenters. The van der Waals surface area contributed by atoms with Gasteiger partial charge in [0.25, 0.3) is 0 Å². The highest BCUT2D eigenvalue weighted by Crippen LogP contribution is 2.35. The first-order valence-electron chi connectivity index (χ1n) is 12.4. The Morgan fingerprint density at radius 3 is 2.65 bits per heavy atom. The summed E-state index contributed by atoms with van der Waals surface area (Å²) in [5.41, 5.74) is 4.94. The molecule has 0 saturated carbocycles. The highest BCUT2D eigenvalue weighted by molar-refractivity contribution is 5.95. The number of nitrogens with zero attached hydrogens (tertiary/aromatic N) is 5. The molecule has 0 bridgehead atoms. The van der Waals surface area contributed by atoms with Gasteiger partial charge in [0.1, 0.15) is 11.9 Å². The van der Waals surface area contributed by atoms with E-state index in [0.29, 0.717) is 6.01 Å². The lowest BCUT2D eigenvalue weighted by Gasteiger charge is -2.35. The van der Waals surface area contributed by atoms with Crippen LogP contribution < -0.4 is 19.9 Å². The molecule has 34 heavy (non-hydrogen) atoms. The molecule has 0 radical (unpaired) electrons. The number of nitrogens with one attached hydrogen (secondary N) is 1. The van der Waals surface area contributed by atoms with Crippen LogP contribution in [0.25, 0.3) is 10.8 Å². The normalized spacial score (nSPS) is 17.2. The summed E-state index contributed by atoms with van der Waals surface area (Å²) >= 11 is 0. The Labute approximate surface area is 202 Å². The van der Waals surface area contributed by atoms with Gasteiger partial charge in [-0.05, 0) is 51.4 Å². The first-order valence-corrected chi connectivity index (χ1v) is 12.4. The summed E-state index contributed by atoms with van der Waals surface area (Å²) in [6.07, 6.45) is 0.953. The van der Waals surface area contributed by atoms with Crippen LogP contribution in [-0.2, 0) is 13.0 Å². The number of aromatic nitrogens is 2. The summed E-state index contributed by atoms with van der Waals surface area (Å²) in [7, 11) is 4.12. The van der Waals surface area contributed by atoms with E-state index in [1.807, 2.05) is 0 Å². The van der Waals surface area contributed by atoms with Crippen molar-refractivity contribution in [1.29, 1.82) is 0 Å². The van der Waals surface area contributed by atoms with Crippen LogP contribution >= 0.6 is 0 Å². The minimum Gasteiger partial charge on any atom is -0.459 e. The first kappa shape index (κ1) is 22.9. The zero-order chi connectivity index (χ0) is 23.7. The van der Waals surface area contributed by atoms with Crippen molar-refractivity contribution >= 4 is 22.3 Å². The number of piperazine rings is 1. The van der Waals surface area contributed by atoms with E-state index < -0.39 is 0 Å². The molecule has 7 nitrogen and oxygen atoms in total. The van der Waals surface area contributed by atoms with E-state index in [-0.39, 0.29) is 6.10 Å². The zero-order valence-corrected chi connectivity index (χ0v) is 20.8. The molecular formula is C27H36N6O. The SMILES string of the molecule is Cc1cc(N2CCc3c(nc(O[C@@H](C)CN(C)C)nc3N3CCNCC3)C2)c2ccccc2c1. The highest BCUT2D eigenvalue weighted by atomic mass is 16.5. The van der Waals surface area contributed by atoms with Crippen molar-refractivity contribution in [3.8, 4) is 6.01 Å². The van der Waals surface area contributed by atoms with Gasteiger partial charge < -0.3 is 24.8 Å². The summed E-state index contributed by atoms with van der Waals surface area (Å²) in [6.45, 7) is 10.7. The molecule has 1 atom stereocenters. The second-order valence-corrected chi connectivity index (χ2v) is 9.86. The van der Waals surface area contributed by atoms with Crippen LogP contribution in [0.4, 0.5) is 11.5 Å². The quantitative estimate of drug-likeness (QED) is 0.606. The fourth-order valence-corrected chi connectivity index (χ4v) is 5.21. The summed E-state index contributed by atoms with van der Waals surface area (Å²) < 4.78 is 6.23. The fourth-order valence-electron chi connectivity index (χ4n) is 5.21. The van der Waals surface area contributed by atoms with Crippen LogP contribution in [-0.4, -0.2) is 74.3 Å². The molecule has 5 rings (SSSR count). The lowest BCUT2D eigenvalue weighted by Crippen LogP contribution is -2.45. The van der Waals surface area contributed by atoms with Crippen LogP contribution in [0.1, 0.15) is 23.7 Å². The van der Waals surface area contributed by atoms with E-state index in [4.69, 9.17) is 14.7 Å². The van der Waals surface area contributed by atoms with Crippen LogP contribution in [0, 0.1) is 6.92 Å². The van der Waals surface area contributed by atoms with Gasteiger partial charge in [0.2, 0.25) is 0 Å². The minimum atomic E-state index is 0.0179. The average Bonchev–Trinajstić information content (AvgIpc) is 2.82. The molecule has 1 N–H and O–H groups in total. The van der Waals surface area contributed by atoms with E-state index >= 15 is 0 Å². The number of rotatable bonds is 6. The smallest absolute Gasteiger partial charge is 0.318 e. The summed E-state index contributed by atoms with van der Waals surface area (Å²) in [5.74, 6) is 1.06. The number of hydrogen-bond acceptors (Lipinski definition) is 7. The van der Waals surface area contributed by atoms with Gasteiger partial charge in [-0.25, -0.2) is 0 Å². The molecule has 2 aromatic carbocycles. The predicted molar refractivity (Wildman–Crippen MR) is 139 cm³/mol. The molecule has 0 amide bonds. The van der Waals surface area contributed by atoms with E-state index in [2.05, 4.69) is 84.4 Å². The number of anilines is 2.